The second-order valence-corrected chi connectivity index (χ2v) is 6.27. The van der Waals surface area contributed by atoms with Gasteiger partial charge in [-0.2, -0.15) is 0 Å². The lowest BCUT2D eigenvalue weighted by Crippen LogP contribution is -2.27. The van der Waals surface area contributed by atoms with E-state index in [1.807, 2.05) is 22.8 Å². The Hall–Kier alpha value is -1.40. The molecule has 5 nitrogen and oxygen atoms in total. The first-order valence-corrected chi connectivity index (χ1v) is 7.88. The first-order chi connectivity index (χ1) is 10.0. The average molecular weight is 371 g/mol. The Kier molecular flexibility index (Phi) is 3.75. The molecule has 21 heavy (non-hydrogen) atoms. The van der Waals surface area contributed by atoms with Crippen LogP contribution in [0.2, 0.25) is 0 Å². The van der Waals surface area contributed by atoms with E-state index < -0.39 is 6.04 Å². The maximum Gasteiger partial charge on any atom is 0.252 e. The third-order valence-corrected chi connectivity index (χ3v) is 4.39. The van der Waals surface area contributed by atoms with Gasteiger partial charge in [0.05, 0.1) is 17.5 Å². The van der Waals surface area contributed by atoms with Crippen LogP contribution in [0.4, 0.5) is 0 Å². The predicted octanol–water partition coefficient (Wildman–Crippen LogP) is 2.51. The number of aryl methyl sites for hydroxylation is 1. The van der Waals surface area contributed by atoms with Gasteiger partial charge in [-0.25, -0.2) is 4.98 Å². The fraction of sp³-hybridized carbons (Fsp3) is 0.357. The van der Waals surface area contributed by atoms with Gasteiger partial charge >= 0.3 is 0 Å². The summed E-state index contributed by atoms with van der Waals surface area (Å²) in [7, 11) is 1.51. The molecule has 1 fully saturated rings. The van der Waals surface area contributed by atoms with E-state index in [1.165, 1.54) is 11.9 Å². The third-order valence-electron chi connectivity index (χ3n) is 3.71. The second-order valence-electron chi connectivity index (χ2n) is 4.98. The van der Waals surface area contributed by atoms with Crippen LogP contribution in [0, 0.1) is 0 Å². The Morgan fingerprint density at radius 3 is 2.81 bits per heavy atom. The molecule has 1 aliphatic rings. The van der Waals surface area contributed by atoms with Crippen molar-refractivity contribution < 1.29 is 9.59 Å². The smallest absolute Gasteiger partial charge is 0.252 e. The summed E-state index contributed by atoms with van der Waals surface area (Å²) < 4.78 is 2.75. The normalized spacial score (nSPS) is 19.0. The molecule has 1 aliphatic heterocycles. The molecule has 1 unspecified atom stereocenters. The molecule has 1 saturated heterocycles. The lowest BCUT2D eigenvalue weighted by atomic mass is 10.2. The summed E-state index contributed by atoms with van der Waals surface area (Å²) >= 11 is 9.28. The molecule has 1 aromatic carbocycles. The Balaban J connectivity index is 2.19. The van der Waals surface area contributed by atoms with Crippen molar-refractivity contribution in [2.45, 2.75) is 18.9 Å². The molecular formula is C14H13BrClN3O2. The minimum atomic E-state index is -0.528. The van der Waals surface area contributed by atoms with Crippen LogP contribution in [-0.4, -0.2) is 39.2 Å². The highest BCUT2D eigenvalue weighted by Crippen LogP contribution is 2.31. The van der Waals surface area contributed by atoms with Crippen LogP contribution in [-0.2, 0) is 16.0 Å². The number of imide groups is 1. The maximum atomic E-state index is 12.3. The highest BCUT2D eigenvalue weighted by molar-refractivity contribution is 9.10. The van der Waals surface area contributed by atoms with E-state index in [9.17, 15) is 9.59 Å². The fourth-order valence-electron chi connectivity index (χ4n) is 2.66. The van der Waals surface area contributed by atoms with Gasteiger partial charge in [-0.15, -0.1) is 11.6 Å². The zero-order chi connectivity index (χ0) is 15.1. The van der Waals surface area contributed by atoms with Gasteiger partial charge in [0.25, 0.3) is 5.91 Å². The zero-order valence-electron chi connectivity index (χ0n) is 11.3. The molecule has 0 saturated carbocycles. The van der Waals surface area contributed by atoms with Gasteiger partial charge in [0.1, 0.15) is 11.9 Å². The molecule has 3 rings (SSSR count). The fourth-order valence-corrected chi connectivity index (χ4v) is 3.18. The number of fused-ring (bicyclic) bond motifs is 1. The standard InChI is InChI=1S/C14H13BrClN3O2/c1-18-13(20)7-11(14(18)21)19-10-6-8(15)2-3-9(10)17-12(19)4-5-16/h2-3,6,11H,4-5,7H2,1H3. The van der Waals surface area contributed by atoms with E-state index in [0.29, 0.717) is 12.3 Å². The van der Waals surface area contributed by atoms with Crippen molar-refractivity contribution in [2.24, 2.45) is 0 Å². The van der Waals surface area contributed by atoms with Crippen molar-refractivity contribution in [1.82, 2.24) is 14.5 Å². The number of carbonyl (C=O) groups is 2. The molecule has 110 valence electrons. The largest absolute Gasteiger partial charge is 0.315 e. The summed E-state index contributed by atoms with van der Waals surface area (Å²) in [5.74, 6) is 0.781. The highest BCUT2D eigenvalue weighted by atomic mass is 79.9. The van der Waals surface area contributed by atoms with Crippen LogP contribution in [0.3, 0.4) is 0 Å². The summed E-state index contributed by atoms with van der Waals surface area (Å²) in [5.41, 5.74) is 1.64. The predicted molar refractivity (Wildman–Crippen MR) is 83.3 cm³/mol. The zero-order valence-corrected chi connectivity index (χ0v) is 13.7. The average Bonchev–Trinajstić information content (AvgIpc) is 2.91. The monoisotopic (exact) mass is 369 g/mol. The SMILES string of the molecule is CN1C(=O)CC(n2c(CCCl)nc3ccc(Br)cc32)C1=O. The highest BCUT2D eigenvalue weighted by Gasteiger charge is 2.39. The summed E-state index contributed by atoms with van der Waals surface area (Å²) in [6.45, 7) is 0. The van der Waals surface area contributed by atoms with Gasteiger partial charge in [0, 0.05) is 23.8 Å². The number of nitrogens with zero attached hydrogens (tertiary/aromatic N) is 3. The van der Waals surface area contributed by atoms with E-state index in [0.717, 1.165) is 21.3 Å². The van der Waals surface area contributed by atoms with Crippen molar-refractivity contribution in [2.75, 3.05) is 12.9 Å². The lowest BCUT2D eigenvalue weighted by molar-refractivity contribution is -0.137. The molecule has 2 amide bonds. The topological polar surface area (TPSA) is 55.2 Å². The molecule has 2 heterocycles. The van der Waals surface area contributed by atoms with Gasteiger partial charge in [-0.1, -0.05) is 15.9 Å². The quantitative estimate of drug-likeness (QED) is 0.616. The Labute approximate surface area is 135 Å². The third kappa shape index (κ3) is 2.36. The second kappa shape index (κ2) is 5.42. The van der Waals surface area contributed by atoms with Crippen molar-refractivity contribution in [1.29, 1.82) is 0 Å². The Morgan fingerprint density at radius 2 is 2.19 bits per heavy atom. The minimum absolute atomic E-state index is 0.168. The number of alkyl halides is 1. The number of hydrogen-bond acceptors (Lipinski definition) is 3. The minimum Gasteiger partial charge on any atom is -0.315 e. The number of aromatic nitrogens is 2. The number of amides is 2. The van der Waals surface area contributed by atoms with Crippen LogP contribution < -0.4 is 0 Å². The summed E-state index contributed by atoms with van der Waals surface area (Å²) in [5, 5.41) is 0. The molecule has 0 radical (unpaired) electrons. The molecule has 0 aliphatic carbocycles. The molecule has 1 atom stereocenters. The molecule has 7 heteroatoms. The van der Waals surface area contributed by atoms with Crippen LogP contribution in [0.1, 0.15) is 18.3 Å². The molecule has 0 bridgehead atoms. The van der Waals surface area contributed by atoms with Gasteiger partial charge in [0.2, 0.25) is 5.91 Å². The van der Waals surface area contributed by atoms with Crippen LogP contribution in [0.15, 0.2) is 22.7 Å². The van der Waals surface area contributed by atoms with Crippen molar-refractivity contribution in [3.63, 3.8) is 0 Å². The molecule has 0 N–H and O–H groups in total. The van der Waals surface area contributed by atoms with E-state index in [4.69, 9.17) is 11.6 Å². The van der Waals surface area contributed by atoms with Crippen LogP contribution >= 0.6 is 27.5 Å². The number of imidazole rings is 1. The molecular weight excluding hydrogens is 358 g/mol. The lowest BCUT2D eigenvalue weighted by Gasteiger charge is -2.14. The molecule has 2 aromatic rings. The van der Waals surface area contributed by atoms with Crippen molar-refractivity contribution in [3.8, 4) is 0 Å². The number of hydrogen-bond donors (Lipinski definition) is 0. The Morgan fingerprint density at radius 1 is 1.43 bits per heavy atom. The van der Waals surface area contributed by atoms with Gasteiger partial charge in [-0.05, 0) is 18.2 Å². The van der Waals surface area contributed by atoms with Gasteiger partial charge < -0.3 is 4.57 Å². The molecule has 0 spiro atoms. The van der Waals surface area contributed by atoms with Crippen molar-refractivity contribution in [3.05, 3.63) is 28.5 Å². The van der Waals surface area contributed by atoms with E-state index in [-0.39, 0.29) is 18.2 Å². The number of benzene rings is 1. The first-order valence-electron chi connectivity index (χ1n) is 6.55. The van der Waals surface area contributed by atoms with E-state index in [1.54, 1.807) is 0 Å². The van der Waals surface area contributed by atoms with Crippen LogP contribution in [0.25, 0.3) is 11.0 Å². The number of rotatable bonds is 3. The Bertz CT molecular complexity index is 743. The number of likely N-dealkylation sites (N-methyl/N-ethyl adjacent to an activating group) is 1. The van der Waals surface area contributed by atoms with Gasteiger partial charge in [0.15, 0.2) is 0 Å². The van der Waals surface area contributed by atoms with E-state index >= 15 is 0 Å². The summed E-state index contributed by atoms with van der Waals surface area (Å²) in [4.78, 5) is 29.8. The van der Waals surface area contributed by atoms with Gasteiger partial charge in [-0.3, -0.25) is 14.5 Å². The first kappa shape index (κ1) is 14.5. The number of halogens is 2. The number of likely N-dealkylation sites (tertiary alicyclic amines) is 1. The van der Waals surface area contributed by atoms with E-state index in [2.05, 4.69) is 20.9 Å². The summed E-state index contributed by atoms with van der Waals surface area (Å²) in [6.07, 6.45) is 0.720. The summed E-state index contributed by atoms with van der Waals surface area (Å²) in [6, 6.07) is 5.17. The molecule has 1 aromatic heterocycles. The maximum absolute atomic E-state index is 12.3. The number of carbonyl (C=O) groups excluding carboxylic acids is 2. The van der Waals surface area contributed by atoms with Crippen LogP contribution in [0.5, 0.6) is 0 Å². The van der Waals surface area contributed by atoms with Crippen molar-refractivity contribution >= 4 is 50.4 Å².